The second kappa shape index (κ2) is 4.15. The van der Waals surface area contributed by atoms with Crippen molar-refractivity contribution < 1.29 is 18.6 Å². The molecule has 3 heterocycles. The van der Waals surface area contributed by atoms with Crippen molar-refractivity contribution in [1.29, 1.82) is 0 Å². The Morgan fingerprint density at radius 1 is 1.37 bits per heavy atom. The topological polar surface area (TPSA) is 121 Å². The molecule has 0 amide bonds. The largest absolute Gasteiger partial charge is 0.389 e. The minimum Gasteiger partial charge on any atom is -0.389 e. The van der Waals surface area contributed by atoms with Crippen LogP contribution in [0.15, 0.2) is 16.6 Å². The van der Waals surface area contributed by atoms with Gasteiger partial charge in [0.2, 0.25) is 0 Å². The summed E-state index contributed by atoms with van der Waals surface area (Å²) in [6.07, 6.45) is -0.595. The molecule has 2 atom stereocenters. The summed E-state index contributed by atoms with van der Waals surface area (Å²) in [5.41, 5.74) is 5.66. The fourth-order valence-electron chi connectivity index (χ4n) is 2.09. The molecule has 1 saturated heterocycles. The van der Waals surface area contributed by atoms with Gasteiger partial charge in [-0.2, -0.15) is 4.31 Å². The first kappa shape index (κ1) is 12.8. The van der Waals surface area contributed by atoms with Crippen molar-refractivity contribution in [3.63, 3.8) is 0 Å². The van der Waals surface area contributed by atoms with Crippen LogP contribution in [-0.2, 0) is 10.0 Å². The van der Waals surface area contributed by atoms with Crippen molar-refractivity contribution in [2.24, 2.45) is 0 Å². The number of fused-ring (bicyclic) bond motifs is 1. The van der Waals surface area contributed by atoms with Crippen LogP contribution in [0.1, 0.15) is 0 Å². The van der Waals surface area contributed by atoms with Gasteiger partial charge in [0.1, 0.15) is 0 Å². The van der Waals surface area contributed by atoms with Gasteiger partial charge >= 0.3 is 0 Å². The summed E-state index contributed by atoms with van der Waals surface area (Å²) in [7, 11) is -3.89. The van der Waals surface area contributed by atoms with Gasteiger partial charge in [-0.25, -0.2) is 13.4 Å². The van der Waals surface area contributed by atoms with Crippen LogP contribution in [0.4, 0.5) is 5.82 Å². The van der Waals surface area contributed by atoms with Crippen LogP contribution in [0.5, 0.6) is 0 Å². The Balaban J connectivity index is 2.10. The molecule has 8 nitrogen and oxygen atoms in total. The summed E-state index contributed by atoms with van der Waals surface area (Å²) < 4.78 is 27.4. The zero-order chi connectivity index (χ0) is 13.8. The van der Waals surface area contributed by atoms with E-state index in [4.69, 9.17) is 5.73 Å². The van der Waals surface area contributed by atoms with Crippen molar-refractivity contribution in [2.75, 3.05) is 18.8 Å². The van der Waals surface area contributed by atoms with E-state index >= 15 is 0 Å². The van der Waals surface area contributed by atoms with Gasteiger partial charge < -0.3 is 15.9 Å². The van der Waals surface area contributed by atoms with E-state index < -0.39 is 22.2 Å². The third-order valence-electron chi connectivity index (χ3n) is 3.05. The van der Waals surface area contributed by atoms with E-state index in [9.17, 15) is 18.6 Å². The Labute approximate surface area is 112 Å². The SMILES string of the molecule is Nc1nc2sccn2c1S(=O)(=O)N1CC(O)C(O)C1. The monoisotopic (exact) mass is 304 g/mol. The van der Waals surface area contributed by atoms with E-state index in [0.29, 0.717) is 4.96 Å². The standard InChI is InChI=1S/C9H12N4O4S2/c10-7-8(13-1-2-18-9(13)11-7)19(16,17)12-3-5(14)6(15)4-12/h1-2,5-6,14-15H,3-4,10H2. The Morgan fingerprint density at radius 2 is 2.00 bits per heavy atom. The molecule has 0 saturated carbocycles. The molecule has 0 radical (unpaired) electrons. The number of hydrogen-bond acceptors (Lipinski definition) is 7. The number of anilines is 1. The van der Waals surface area contributed by atoms with Crippen LogP contribution >= 0.6 is 11.3 Å². The lowest BCUT2D eigenvalue weighted by atomic mass is 10.3. The molecular weight excluding hydrogens is 292 g/mol. The lowest BCUT2D eigenvalue weighted by molar-refractivity contribution is 0.0572. The molecule has 10 heteroatoms. The second-order valence-electron chi connectivity index (χ2n) is 4.31. The van der Waals surface area contributed by atoms with Gasteiger partial charge in [0, 0.05) is 24.7 Å². The summed E-state index contributed by atoms with van der Waals surface area (Å²) >= 11 is 1.27. The first-order chi connectivity index (χ1) is 8.91. The highest BCUT2D eigenvalue weighted by Crippen LogP contribution is 2.28. The third kappa shape index (κ3) is 1.83. The molecule has 2 aromatic heterocycles. The molecule has 1 fully saturated rings. The Morgan fingerprint density at radius 3 is 2.63 bits per heavy atom. The number of nitrogen functional groups attached to an aromatic ring is 1. The average molecular weight is 304 g/mol. The number of aromatic nitrogens is 2. The van der Waals surface area contributed by atoms with Crippen molar-refractivity contribution >= 4 is 32.1 Å². The number of nitrogens with two attached hydrogens (primary N) is 1. The minimum atomic E-state index is -3.89. The van der Waals surface area contributed by atoms with E-state index in [0.717, 1.165) is 4.31 Å². The summed E-state index contributed by atoms with van der Waals surface area (Å²) in [6, 6.07) is 0. The fraction of sp³-hybridized carbons (Fsp3) is 0.444. The smallest absolute Gasteiger partial charge is 0.263 e. The van der Waals surface area contributed by atoms with Gasteiger partial charge in [-0.05, 0) is 0 Å². The molecule has 19 heavy (non-hydrogen) atoms. The van der Waals surface area contributed by atoms with Gasteiger partial charge in [-0.3, -0.25) is 4.40 Å². The molecule has 1 aliphatic heterocycles. The van der Waals surface area contributed by atoms with Crippen molar-refractivity contribution in [3.05, 3.63) is 11.6 Å². The van der Waals surface area contributed by atoms with Crippen LogP contribution < -0.4 is 5.73 Å². The van der Waals surface area contributed by atoms with Crippen LogP contribution in [0.3, 0.4) is 0 Å². The number of β-amino-alcohol motifs (C(OH)–C–C–N with tert-alkyl or cyclic N) is 2. The number of hydrogen-bond donors (Lipinski definition) is 3. The summed E-state index contributed by atoms with van der Waals surface area (Å²) in [5.74, 6) is -0.0808. The molecule has 3 rings (SSSR count). The number of rotatable bonds is 2. The van der Waals surface area contributed by atoms with Crippen LogP contribution in [0.25, 0.3) is 4.96 Å². The maximum Gasteiger partial charge on any atom is 0.263 e. The first-order valence-electron chi connectivity index (χ1n) is 5.48. The van der Waals surface area contributed by atoms with E-state index in [1.54, 1.807) is 11.6 Å². The zero-order valence-electron chi connectivity index (χ0n) is 9.67. The molecule has 104 valence electrons. The summed E-state index contributed by atoms with van der Waals surface area (Å²) in [4.78, 5) is 4.46. The van der Waals surface area contributed by atoms with Crippen molar-refractivity contribution in [1.82, 2.24) is 13.7 Å². The number of sulfonamides is 1. The maximum absolute atomic E-state index is 12.5. The third-order valence-corrected chi connectivity index (χ3v) is 5.68. The number of nitrogens with zero attached hydrogens (tertiary/aromatic N) is 3. The molecular formula is C9H12N4O4S2. The fourth-order valence-corrected chi connectivity index (χ4v) is 4.52. The number of aliphatic hydroxyl groups excluding tert-OH is 2. The maximum atomic E-state index is 12.5. The second-order valence-corrected chi connectivity index (χ2v) is 7.04. The van der Waals surface area contributed by atoms with E-state index in [1.165, 1.54) is 15.7 Å². The van der Waals surface area contributed by atoms with Gasteiger partial charge in [0.25, 0.3) is 10.0 Å². The van der Waals surface area contributed by atoms with E-state index in [2.05, 4.69) is 4.98 Å². The first-order valence-corrected chi connectivity index (χ1v) is 7.80. The molecule has 0 aromatic carbocycles. The van der Waals surface area contributed by atoms with Crippen LogP contribution in [0, 0.1) is 0 Å². The summed E-state index contributed by atoms with van der Waals surface area (Å²) in [5, 5.41) is 20.5. The zero-order valence-corrected chi connectivity index (χ0v) is 11.3. The average Bonchev–Trinajstić information content (AvgIpc) is 2.94. The molecule has 2 unspecified atom stereocenters. The molecule has 2 aromatic rings. The van der Waals surface area contributed by atoms with Gasteiger partial charge in [-0.1, -0.05) is 0 Å². The number of aliphatic hydroxyl groups is 2. The lowest BCUT2D eigenvalue weighted by Crippen LogP contribution is -2.31. The van der Waals surface area contributed by atoms with Crippen LogP contribution in [-0.4, -0.2) is 57.6 Å². The van der Waals surface area contributed by atoms with Crippen molar-refractivity contribution in [2.45, 2.75) is 17.2 Å². The molecule has 0 bridgehead atoms. The molecule has 0 spiro atoms. The quantitative estimate of drug-likeness (QED) is 0.634. The highest BCUT2D eigenvalue weighted by molar-refractivity contribution is 7.89. The van der Waals surface area contributed by atoms with E-state index in [1.807, 2.05) is 0 Å². The molecule has 1 aliphatic rings. The lowest BCUT2D eigenvalue weighted by Gasteiger charge is -2.14. The molecule has 0 aliphatic carbocycles. The Bertz CT molecular complexity index is 712. The minimum absolute atomic E-state index is 0.0808. The normalized spacial score (nSPS) is 25.4. The Hall–Kier alpha value is -1.20. The predicted molar refractivity (Wildman–Crippen MR) is 68.3 cm³/mol. The highest BCUT2D eigenvalue weighted by Gasteiger charge is 2.40. The van der Waals surface area contributed by atoms with Gasteiger partial charge in [0.05, 0.1) is 12.2 Å². The highest BCUT2D eigenvalue weighted by atomic mass is 32.2. The van der Waals surface area contributed by atoms with Crippen LogP contribution in [0.2, 0.25) is 0 Å². The Kier molecular flexibility index (Phi) is 2.80. The molecule has 4 N–H and O–H groups in total. The predicted octanol–water partition coefficient (Wildman–Crippen LogP) is -1.30. The van der Waals surface area contributed by atoms with Gasteiger partial charge in [0.15, 0.2) is 15.8 Å². The van der Waals surface area contributed by atoms with E-state index in [-0.39, 0.29) is 23.9 Å². The van der Waals surface area contributed by atoms with Crippen molar-refractivity contribution in [3.8, 4) is 0 Å². The number of imidazole rings is 1. The van der Waals surface area contributed by atoms with Gasteiger partial charge in [-0.15, -0.1) is 11.3 Å². The number of thiazole rings is 1. The summed E-state index contributed by atoms with van der Waals surface area (Å²) in [6.45, 7) is -0.305.